The third kappa shape index (κ3) is 4.49. The van der Waals surface area contributed by atoms with Crippen LogP contribution in [0, 0.1) is 5.82 Å². The predicted octanol–water partition coefficient (Wildman–Crippen LogP) is 2.31. The Morgan fingerprint density at radius 3 is 2.48 bits per heavy atom. The molecule has 3 rings (SSSR count). The van der Waals surface area contributed by atoms with Crippen molar-refractivity contribution in [2.45, 2.75) is 0 Å². The molecule has 0 atom stereocenters. The average Bonchev–Trinajstić information content (AvgIpc) is 2.67. The summed E-state index contributed by atoms with van der Waals surface area (Å²) in [7, 11) is 0. The Bertz CT molecular complexity index is 854. The molecule has 6 nitrogen and oxygen atoms in total. The number of ether oxygens (including phenoxy) is 1. The van der Waals surface area contributed by atoms with E-state index in [0.717, 1.165) is 0 Å². The summed E-state index contributed by atoms with van der Waals surface area (Å²) in [4.78, 5) is 27.4. The lowest BCUT2D eigenvalue weighted by atomic mass is 10.2. The van der Waals surface area contributed by atoms with E-state index in [1.807, 2.05) is 4.90 Å². The highest BCUT2D eigenvalue weighted by Gasteiger charge is 2.23. The first-order valence-electron chi connectivity index (χ1n) is 8.45. The smallest absolute Gasteiger partial charge is 0.260 e. The molecule has 0 bridgehead atoms. The third-order valence-electron chi connectivity index (χ3n) is 4.38. The molecule has 1 heterocycles. The molecule has 1 aliphatic heterocycles. The van der Waals surface area contributed by atoms with Crippen LogP contribution in [0.3, 0.4) is 0 Å². The number of halogens is 2. The number of anilines is 1. The molecule has 2 amide bonds. The van der Waals surface area contributed by atoms with Gasteiger partial charge >= 0.3 is 0 Å². The first kappa shape index (κ1) is 19.0. The van der Waals surface area contributed by atoms with Gasteiger partial charge in [-0.3, -0.25) is 9.59 Å². The van der Waals surface area contributed by atoms with Gasteiger partial charge < -0.3 is 20.3 Å². The number of piperazine rings is 1. The van der Waals surface area contributed by atoms with Crippen molar-refractivity contribution in [2.24, 2.45) is 5.73 Å². The number of rotatable bonds is 5. The van der Waals surface area contributed by atoms with Crippen LogP contribution in [-0.2, 0) is 4.79 Å². The Hall–Kier alpha value is -2.80. The Balaban J connectivity index is 1.56. The number of para-hydroxylation sites is 1. The summed E-state index contributed by atoms with van der Waals surface area (Å²) in [5, 5.41) is 0.353. The monoisotopic (exact) mass is 391 g/mol. The molecule has 2 aromatic rings. The zero-order chi connectivity index (χ0) is 19.4. The van der Waals surface area contributed by atoms with Gasteiger partial charge in [-0.1, -0.05) is 23.7 Å². The lowest BCUT2D eigenvalue weighted by Crippen LogP contribution is -2.50. The van der Waals surface area contributed by atoms with E-state index in [9.17, 15) is 14.0 Å². The number of nitrogens with two attached hydrogens (primary N) is 1. The molecule has 1 aliphatic rings. The van der Waals surface area contributed by atoms with E-state index < -0.39 is 5.91 Å². The van der Waals surface area contributed by atoms with Crippen LogP contribution in [0.25, 0.3) is 0 Å². The van der Waals surface area contributed by atoms with Gasteiger partial charge in [0.25, 0.3) is 11.8 Å². The van der Waals surface area contributed by atoms with Gasteiger partial charge in [-0.2, -0.15) is 0 Å². The summed E-state index contributed by atoms with van der Waals surface area (Å²) in [5.41, 5.74) is 5.97. The molecule has 2 N–H and O–H groups in total. The van der Waals surface area contributed by atoms with Gasteiger partial charge in [0.2, 0.25) is 0 Å². The predicted molar refractivity (Wildman–Crippen MR) is 101 cm³/mol. The van der Waals surface area contributed by atoms with Gasteiger partial charge in [0.15, 0.2) is 6.61 Å². The minimum atomic E-state index is -0.682. The van der Waals surface area contributed by atoms with Crippen molar-refractivity contribution in [3.8, 4) is 5.75 Å². The molecule has 2 aromatic carbocycles. The molecule has 0 unspecified atom stereocenters. The highest BCUT2D eigenvalue weighted by Crippen LogP contribution is 2.23. The minimum Gasteiger partial charge on any atom is -0.483 e. The van der Waals surface area contributed by atoms with Crippen molar-refractivity contribution in [1.82, 2.24) is 4.90 Å². The number of nitrogens with zero attached hydrogens (tertiary/aromatic N) is 2. The fraction of sp³-hybridized carbons (Fsp3) is 0.263. The standard InChI is InChI=1S/C19H19ClFN3O3/c20-13-5-6-17(14(11-13)19(22)26)27-12-18(25)24-9-7-23(8-10-24)16-4-2-1-3-15(16)21/h1-6,11H,7-10,12H2,(H2,22,26). The highest BCUT2D eigenvalue weighted by molar-refractivity contribution is 6.31. The van der Waals surface area contributed by atoms with Crippen molar-refractivity contribution < 1.29 is 18.7 Å². The maximum Gasteiger partial charge on any atom is 0.260 e. The fourth-order valence-corrected chi connectivity index (χ4v) is 3.13. The van der Waals surface area contributed by atoms with Crippen LogP contribution in [0.1, 0.15) is 10.4 Å². The number of carbonyl (C=O) groups is 2. The van der Waals surface area contributed by atoms with E-state index in [2.05, 4.69) is 0 Å². The van der Waals surface area contributed by atoms with Gasteiger partial charge in [-0.05, 0) is 30.3 Å². The molecule has 0 saturated carbocycles. The Morgan fingerprint density at radius 1 is 1.11 bits per heavy atom. The van der Waals surface area contributed by atoms with Crippen LogP contribution in [0.15, 0.2) is 42.5 Å². The first-order chi connectivity index (χ1) is 13.0. The molecule has 0 aromatic heterocycles. The first-order valence-corrected chi connectivity index (χ1v) is 8.83. The fourth-order valence-electron chi connectivity index (χ4n) is 2.96. The molecule has 1 saturated heterocycles. The van der Waals surface area contributed by atoms with Crippen LogP contribution in [0.4, 0.5) is 10.1 Å². The quantitative estimate of drug-likeness (QED) is 0.848. The summed E-state index contributed by atoms with van der Waals surface area (Å²) in [6.45, 7) is 1.75. The maximum atomic E-state index is 13.9. The normalized spacial score (nSPS) is 14.1. The molecule has 8 heteroatoms. The van der Waals surface area contributed by atoms with Gasteiger partial charge in [0.1, 0.15) is 11.6 Å². The summed E-state index contributed by atoms with van der Waals surface area (Å²) in [5.74, 6) is -0.959. The second-order valence-electron chi connectivity index (χ2n) is 6.11. The molecule has 0 spiro atoms. The van der Waals surface area contributed by atoms with Crippen LogP contribution in [-0.4, -0.2) is 49.5 Å². The zero-order valence-electron chi connectivity index (χ0n) is 14.5. The number of carbonyl (C=O) groups excluding carboxylic acids is 2. The van der Waals surface area contributed by atoms with E-state index in [1.165, 1.54) is 18.2 Å². The molecular weight excluding hydrogens is 373 g/mol. The number of hydrogen-bond acceptors (Lipinski definition) is 4. The Morgan fingerprint density at radius 2 is 1.81 bits per heavy atom. The van der Waals surface area contributed by atoms with E-state index >= 15 is 0 Å². The van der Waals surface area contributed by atoms with Crippen LogP contribution >= 0.6 is 11.6 Å². The molecule has 0 aliphatic carbocycles. The van der Waals surface area contributed by atoms with E-state index in [-0.39, 0.29) is 29.6 Å². The van der Waals surface area contributed by atoms with Crippen LogP contribution in [0.5, 0.6) is 5.75 Å². The molecule has 27 heavy (non-hydrogen) atoms. The Labute approximate surface area is 161 Å². The minimum absolute atomic E-state index is 0.125. The van der Waals surface area contributed by atoms with E-state index in [0.29, 0.717) is 36.9 Å². The van der Waals surface area contributed by atoms with Gasteiger partial charge in [0.05, 0.1) is 11.3 Å². The highest BCUT2D eigenvalue weighted by atomic mass is 35.5. The molecule has 142 valence electrons. The number of benzene rings is 2. The summed E-state index contributed by atoms with van der Waals surface area (Å²) in [6.07, 6.45) is 0. The van der Waals surface area contributed by atoms with Crippen molar-refractivity contribution in [3.63, 3.8) is 0 Å². The van der Waals surface area contributed by atoms with Crippen molar-refractivity contribution in [2.75, 3.05) is 37.7 Å². The summed E-state index contributed by atoms with van der Waals surface area (Å²) < 4.78 is 19.4. The van der Waals surface area contributed by atoms with Crippen LogP contribution < -0.4 is 15.4 Å². The number of hydrogen-bond donors (Lipinski definition) is 1. The molecule has 1 fully saturated rings. The summed E-state index contributed by atoms with van der Waals surface area (Å²) in [6, 6.07) is 11.0. The van der Waals surface area contributed by atoms with E-state index in [1.54, 1.807) is 29.2 Å². The average molecular weight is 392 g/mol. The van der Waals surface area contributed by atoms with Crippen LogP contribution in [0.2, 0.25) is 5.02 Å². The van der Waals surface area contributed by atoms with Crippen molar-refractivity contribution in [1.29, 1.82) is 0 Å². The third-order valence-corrected chi connectivity index (χ3v) is 4.62. The lowest BCUT2D eigenvalue weighted by Gasteiger charge is -2.36. The van der Waals surface area contributed by atoms with Crippen molar-refractivity contribution in [3.05, 3.63) is 58.9 Å². The van der Waals surface area contributed by atoms with E-state index in [4.69, 9.17) is 22.1 Å². The topological polar surface area (TPSA) is 75.9 Å². The van der Waals surface area contributed by atoms with Gasteiger partial charge in [-0.15, -0.1) is 0 Å². The maximum absolute atomic E-state index is 13.9. The molecule has 0 radical (unpaired) electrons. The number of primary amides is 1. The SMILES string of the molecule is NC(=O)c1cc(Cl)ccc1OCC(=O)N1CCN(c2ccccc2F)CC1. The largest absolute Gasteiger partial charge is 0.483 e. The van der Waals surface area contributed by atoms with Gasteiger partial charge in [0, 0.05) is 31.2 Å². The lowest BCUT2D eigenvalue weighted by molar-refractivity contribution is -0.133. The second-order valence-corrected chi connectivity index (χ2v) is 6.55. The Kier molecular flexibility index (Phi) is 5.81. The van der Waals surface area contributed by atoms with Gasteiger partial charge in [-0.25, -0.2) is 4.39 Å². The second kappa shape index (κ2) is 8.26. The van der Waals surface area contributed by atoms with Crippen molar-refractivity contribution >= 4 is 29.1 Å². The zero-order valence-corrected chi connectivity index (χ0v) is 15.3. The summed E-state index contributed by atoms with van der Waals surface area (Å²) >= 11 is 5.85. The molecular formula is C19H19ClFN3O3. The number of amides is 2.